The van der Waals surface area contributed by atoms with E-state index < -0.39 is 11.9 Å². The van der Waals surface area contributed by atoms with Gasteiger partial charge in [0.15, 0.2) is 0 Å². The van der Waals surface area contributed by atoms with Gasteiger partial charge in [0.1, 0.15) is 11.1 Å². The van der Waals surface area contributed by atoms with Crippen LogP contribution in [-0.2, 0) is 19.1 Å². The Labute approximate surface area is 191 Å². The highest BCUT2D eigenvalue weighted by atomic mass is 32.1. The highest BCUT2D eigenvalue weighted by Crippen LogP contribution is 2.33. The molecule has 176 valence electrons. The largest absolute Gasteiger partial charge is 0.459 e. The van der Waals surface area contributed by atoms with E-state index in [1.807, 2.05) is 4.90 Å². The summed E-state index contributed by atoms with van der Waals surface area (Å²) in [5, 5.41) is 2.98. The zero-order chi connectivity index (χ0) is 23.4. The molecule has 0 aromatic carbocycles. The van der Waals surface area contributed by atoms with Crippen molar-refractivity contribution in [3.05, 3.63) is 16.0 Å². The van der Waals surface area contributed by atoms with Gasteiger partial charge in [-0.2, -0.15) is 0 Å². The normalized spacial score (nSPS) is 19.2. The number of nitrogens with two attached hydrogens (primary N) is 1. The van der Waals surface area contributed by atoms with E-state index in [4.69, 9.17) is 15.2 Å². The van der Waals surface area contributed by atoms with Gasteiger partial charge < -0.3 is 25.4 Å². The Morgan fingerprint density at radius 3 is 2.47 bits per heavy atom. The van der Waals surface area contributed by atoms with Crippen molar-refractivity contribution in [1.29, 1.82) is 0 Å². The van der Waals surface area contributed by atoms with Crippen molar-refractivity contribution in [2.45, 2.75) is 45.8 Å². The first-order valence-electron chi connectivity index (χ1n) is 10.7. The molecular formula is C21H30N4O6S. The van der Waals surface area contributed by atoms with Gasteiger partial charge in [0.25, 0.3) is 11.8 Å². The molecule has 3 rings (SSSR count). The van der Waals surface area contributed by atoms with E-state index in [2.05, 4.69) is 5.32 Å². The minimum absolute atomic E-state index is 0.0213. The number of nitrogens with zero attached hydrogens (tertiary/aromatic N) is 2. The molecule has 10 nitrogen and oxygen atoms in total. The zero-order valence-corrected chi connectivity index (χ0v) is 19.5. The number of anilines is 1. The molecule has 0 radical (unpaired) electrons. The van der Waals surface area contributed by atoms with Gasteiger partial charge in [-0.15, -0.1) is 11.3 Å². The third kappa shape index (κ3) is 5.64. The Kier molecular flexibility index (Phi) is 7.86. The number of piperazine rings is 1. The number of thiophene rings is 1. The number of esters is 1. The number of carbonyl (C=O) groups excluding carboxylic acids is 4. The minimum Gasteiger partial charge on any atom is -0.459 e. The monoisotopic (exact) mass is 466 g/mol. The van der Waals surface area contributed by atoms with Gasteiger partial charge in [-0.3, -0.25) is 19.3 Å². The van der Waals surface area contributed by atoms with Crippen molar-refractivity contribution in [2.75, 3.05) is 44.6 Å². The van der Waals surface area contributed by atoms with Crippen LogP contribution in [0.4, 0.5) is 5.00 Å². The maximum Gasteiger partial charge on any atom is 0.341 e. The van der Waals surface area contributed by atoms with Crippen molar-refractivity contribution < 1.29 is 28.7 Å². The summed E-state index contributed by atoms with van der Waals surface area (Å²) >= 11 is 0.966. The van der Waals surface area contributed by atoms with E-state index in [9.17, 15) is 19.2 Å². The first-order valence-corrected chi connectivity index (χ1v) is 11.6. The molecular weight excluding hydrogens is 436 g/mol. The summed E-state index contributed by atoms with van der Waals surface area (Å²) in [6.07, 6.45) is 0.978. The number of rotatable bonds is 7. The zero-order valence-electron chi connectivity index (χ0n) is 18.6. The van der Waals surface area contributed by atoms with Gasteiger partial charge in [-0.25, -0.2) is 4.79 Å². The molecule has 2 saturated heterocycles. The number of nitrogens with one attached hydrogen (secondary N) is 1. The number of carbonyl (C=O) groups is 4. The molecule has 1 atom stereocenters. The molecule has 0 spiro atoms. The van der Waals surface area contributed by atoms with E-state index in [1.165, 1.54) is 0 Å². The lowest BCUT2D eigenvalue weighted by molar-refractivity contribution is -0.142. The molecule has 3 heterocycles. The Morgan fingerprint density at radius 2 is 1.91 bits per heavy atom. The van der Waals surface area contributed by atoms with Gasteiger partial charge >= 0.3 is 5.97 Å². The Hall–Kier alpha value is -2.50. The Bertz CT molecular complexity index is 885. The molecule has 3 amide bonds. The van der Waals surface area contributed by atoms with Crippen LogP contribution in [0.2, 0.25) is 0 Å². The van der Waals surface area contributed by atoms with Gasteiger partial charge in [-0.1, -0.05) is 0 Å². The van der Waals surface area contributed by atoms with E-state index in [1.54, 1.807) is 25.7 Å². The molecule has 0 bridgehead atoms. The lowest BCUT2D eigenvalue weighted by Gasteiger charge is -2.35. The maximum absolute atomic E-state index is 12.7. The molecule has 0 unspecified atom stereocenters. The second-order valence-corrected chi connectivity index (χ2v) is 9.25. The van der Waals surface area contributed by atoms with Crippen LogP contribution >= 0.6 is 11.3 Å². The fraction of sp³-hybridized carbons (Fsp3) is 0.619. The first-order chi connectivity index (χ1) is 15.2. The number of hydrogen-bond acceptors (Lipinski definition) is 8. The summed E-state index contributed by atoms with van der Waals surface area (Å²) in [6.45, 7) is 7.95. The van der Waals surface area contributed by atoms with Crippen LogP contribution in [0.1, 0.15) is 52.3 Å². The van der Waals surface area contributed by atoms with Crippen LogP contribution < -0.4 is 11.1 Å². The summed E-state index contributed by atoms with van der Waals surface area (Å²) in [4.78, 5) is 53.3. The molecule has 0 saturated carbocycles. The standard InChI is InChI=1S/C21H30N4O6S/c1-12(2)31-21(29)16-13(3)17(18(22)27)32-19(16)23-15(26)11-24-6-8-25(9-7-24)20(28)14-5-4-10-30-14/h12,14H,4-11H2,1-3H3,(H2,22,27)(H,23,26)/t14-/m0/s1. The smallest absolute Gasteiger partial charge is 0.341 e. The highest BCUT2D eigenvalue weighted by molar-refractivity contribution is 7.18. The van der Waals surface area contributed by atoms with Gasteiger partial charge in [0.05, 0.1) is 23.1 Å². The predicted octanol–water partition coefficient (Wildman–Crippen LogP) is 0.982. The van der Waals surface area contributed by atoms with E-state index in [0.717, 1.165) is 24.2 Å². The SMILES string of the molecule is Cc1c(C(N)=O)sc(NC(=O)CN2CCN(C(=O)[C@@H]3CCCO3)CC2)c1C(=O)OC(C)C. The van der Waals surface area contributed by atoms with Crippen molar-refractivity contribution in [3.8, 4) is 0 Å². The molecule has 11 heteroatoms. The van der Waals surface area contributed by atoms with E-state index in [0.29, 0.717) is 38.3 Å². The van der Waals surface area contributed by atoms with Crippen LogP contribution in [0, 0.1) is 6.92 Å². The van der Waals surface area contributed by atoms with Crippen molar-refractivity contribution >= 4 is 40.0 Å². The third-order valence-corrected chi connectivity index (χ3v) is 6.65. The molecule has 2 fully saturated rings. The Morgan fingerprint density at radius 1 is 1.22 bits per heavy atom. The van der Waals surface area contributed by atoms with Crippen LogP contribution in [-0.4, -0.2) is 85.0 Å². The van der Waals surface area contributed by atoms with Gasteiger partial charge in [-0.05, 0) is 39.2 Å². The second kappa shape index (κ2) is 10.4. The first kappa shape index (κ1) is 24.1. The lowest BCUT2D eigenvalue weighted by Crippen LogP contribution is -2.52. The quantitative estimate of drug-likeness (QED) is 0.573. The van der Waals surface area contributed by atoms with Crippen LogP contribution in [0.15, 0.2) is 0 Å². The van der Waals surface area contributed by atoms with Crippen LogP contribution in [0.5, 0.6) is 0 Å². The fourth-order valence-corrected chi connectivity index (χ4v) is 4.89. The molecule has 1 aromatic rings. The number of primary amides is 1. The fourth-order valence-electron chi connectivity index (χ4n) is 3.83. The van der Waals surface area contributed by atoms with Crippen LogP contribution in [0.3, 0.4) is 0 Å². The van der Waals surface area contributed by atoms with E-state index >= 15 is 0 Å². The highest BCUT2D eigenvalue weighted by Gasteiger charge is 2.31. The molecule has 3 N–H and O–H groups in total. The van der Waals surface area contributed by atoms with Crippen molar-refractivity contribution in [3.63, 3.8) is 0 Å². The van der Waals surface area contributed by atoms with Gasteiger partial charge in [0, 0.05) is 32.8 Å². The minimum atomic E-state index is -0.668. The second-order valence-electron chi connectivity index (χ2n) is 8.23. The third-order valence-electron chi connectivity index (χ3n) is 5.43. The molecule has 2 aliphatic heterocycles. The van der Waals surface area contributed by atoms with Gasteiger partial charge in [0.2, 0.25) is 5.91 Å². The maximum atomic E-state index is 12.7. The molecule has 0 aliphatic carbocycles. The van der Waals surface area contributed by atoms with Crippen molar-refractivity contribution in [2.24, 2.45) is 5.73 Å². The number of amides is 3. The average molecular weight is 467 g/mol. The number of ether oxygens (including phenoxy) is 2. The number of hydrogen-bond donors (Lipinski definition) is 2. The average Bonchev–Trinajstić information content (AvgIpc) is 3.35. The topological polar surface area (TPSA) is 131 Å². The molecule has 2 aliphatic rings. The Balaban J connectivity index is 1.60. The van der Waals surface area contributed by atoms with E-state index in [-0.39, 0.29) is 46.0 Å². The predicted molar refractivity (Wildman–Crippen MR) is 119 cm³/mol. The van der Waals surface area contributed by atoms with Crippen LogP contribution in [0.25, 0.3) is 0 Å². The molecule has 1 aromatic heterocycles. The summed E-state index contributed by atoms with van der Waals surface area (Å²) in [5.74, 6) is -1.58. The summed E-state index contributed by atoms with van der Waals surface area (Å²) in [5.41, 5.74) is 5.96. The van der Waals surface area contributed by atoms with Crippen molar-refractivity contribution in [1.82, 2.24) is 9.80 Å². The summed E-state index contributed by atoms with van der Waals surface area (Å²) in [6, 6.07) is 0. The molecule has 32 heavy (non-hydrogen) atoms. The summed E-state index contributed by atoms with van der Waals surface area (Å²) in [7, 11) is 0. The lowest BCUT2D eigenvalue weighted by atomic mass is 10.1. The summed E-state index contributed by atoms with van der Waals surface area (Å²) < 4.78 is 10.7.